The van der Waals surface area contributed by atoms with E-state index in [1.165, 1.54) is 25.0 Å². The zero-order valence-electron chi connectivity index (χ0n) is 14.3. The Morgan fingerprint density at radius 2 is 2.08 bits per heavy atom. The number of sulfonamides is 1. The highest BCUT2D eigenvalue weighted by molar-refractivity contribution is 7.89. The third-order valence-corrected chi connectivity index (χ3v) is 6.85. The van der Waals surface area contributed by atoms with Crippen LogP contribution < -0.4 is 9.62 Å². The first-order valence-corrected chi connectivity index (χ1v) is 10.7. The average molecular weight is 396 g/mol. The Labute approximate surface area is 156 Å². The highest BCUT2D eigenvalue weighted by Crippen LogP contribution is 2.27. The first-order valence-electron chi connectivity index (χ1n) is 8.31. The normalized spacial score (nSPS) is 14.7. The van der Waals surface area contributed by atoms with Crippen LogP contribution in [-0.4, -0.2) is 38.0 Å². The SMILES string of the molecule is Cc1cccc([N+](=O)[O-])c1S(=O)(=O)NCCc1csc(N2CCCC2)n1. The van der Waals surface area contributed by atoms with Crippen molar-refractivity contribution in [2.24, 2.45) is 0 Å². The van der Waals surface area contributed by atoms with Crippen LogP contribution >= 0.6 is 11.3 Å². The molecule has 2 aromatic rings. The van der Waals surface area contributed by atoms with E-state index in [1.54, 1.807) is 24.3 Å². The van der Waals surface area contributed by atoms with Crippen LogP contribution in [-0.2, 0) is 16.4 Å². The van der Waals surface area contributed by atoms with Crippen LogP contribution in [0.3, 0.4) is 0 Å². The fourth-order valence-corrected chi connectivity index (χ4v) is 5.32. The largest absolute Gasteiger partial charge is 0.348 e. The number of nitro groups is 1. The van der Waals surface area contributed by atoms with E-state index >= 15 is 0 Å². The first-order chi connectivity index (χ1) is 12.4. The summed E-state index contributed by atoms with van der Waals surface area (Å²) in [6.45, 7) is 3.70. The quantitative estimate of drug-likeness (QED) is 0.569. The lowest BCUT2D eigenvalue weighted by molar-refractivity contribution is -0.387. The number of aromatic nitrogens is 1. The Morgan fingerprint density at radius 3 is 2.77 bits per heavy atom. The fourth-order valence-electron chi connectivity index (χ4n) is 2.98. The van der Waals surface area contributed by atoms with Crippen LogP contribution in [0.15, 0.2) is 28.5 Å². The summed E-state index contributed by atoms with van der Waals surface area (Å²) in [4.78, 5) is 17.0. The average Bonchev–Trinajstić information content (AvgIpc) is 3.25. The predicted octanol–water partition coefficient (Wildman–Crippen LogP) is 2.48. The van der Waals surface area contributed by atoms with Crippen molar-refractivity contribution in [1.29, 1.82) is 0 Å². The number of hydrogen-bond donors (Lipinski definition) is 1. The third-order valence-electron chi connectivity index (χ3n) is 4.25. The molecule has 0 bridgehead atoms. The molecule has 1 aliphatic rings. The van der Waals surface area contributed by atoms with E-state index in [0.717, 1.165) is 23.9 Å². The summed E-state index contributed by atoms with van der Waals surface area (Å²) >= 11 is 1.56. The second-order valence-electron chi connectivity index (χ2n) is 6.14. The van der Waals surface area contributed by atoms with E-state index in [2.05, 4.69) is 14.6 Å². The highest BCUT2D eigenvalue weighted by atomic mass is 32.2. The second kappa shape index (κ2) is 7.68. The van der Waals surface area contributed by atoms with Gasteiger partial charge in [-0.3, -0.25) is 10.1 Å². The van der Waals surface area contributed by atoms with Gasteiger partial charge in [0.05, 0.1) is 10.6 Å². The molecule has 1 aromatic carbocycles. The minimum atomic E-state index is -3.97. The van der Waals surface area contributed by atoms with E-state index in [4.69, 9.17) is 0 Å². The van der Waals surface area contributed by atoms with Gasteiger partial charge in [0.25, 0.3) is 5.69 Å². The van der Waals surface area contributed by atoms with Gasteiger partial charge in [-0.1, -0.05) is 12.1 Å². The van der Waals surface area contributed by atoms with Crippen molar-refractivity contribution in [2.45, 2.75) is 31.1 Å². The van der Waals surface area contributed by atoms with Gasteiger partial charge < -0.3 is 4.90 Å². The number of benzene rings is 1. The number of aryl methyl sites for hydroxylation is 1. The van der Waals surface area contributed by atoms with Gasteiger partial charge in [-0.15, -0.1) is 11.3 Å². The molecule has 1 aromatic heterocycles. The molecule has 26 heavy (non-hydrogen) atoms. The zero-order chi connectivity index (χ0) is 18.7. The molecule has 1 fully saturated rings. The van der Waals surface area contributed by atoms with Crippen molar-refractivity contribution in [1.82, 2.24) is 9.71 Å². The van der Waals surface area contributed by atoms with Crippen molar-refractivity contribution in [2.75, 3.05) is 24.5 Å². The number of thiazole rings is 1. The number of nitrogens with zero attached hydrogens (tertiary/aromatic N) is 3. The number of nitrogens with one attached hydrogen (secondary N) is 1. The summed E-state index contributed by atoms with van der Waals surface area (Å²) in [7, 11) is -3.97. The van der Waals surface area contributed by atoms with Crippen LogP contribution in [0, 0.1) is 17.0 Å². The molecule has 0 saturated carbocycles. The highest BCUT2D eigenvalue weighted by Gasteiger charge is 2.27. The van der Waals surface area contributed by atoms with Gasteiger partial charge in [0.15, 0.2) is 10.0 Å². The Balaban J connectivity index is 1.67. The summed E-state index contributed by atoms with van der Waals surface area (Å²) in [5.41, 5.74) is 0.748. The van der Waals surface area contributed by atoms with Gasteiger partial charge in [-0.05, 0) is 25.3 Å². The molecule has 8 nitrogen and oxygen atoms in total. The van der Waals surface area contributed by atoms with Crippen LogP contribution in [0.2, 0.25) is 0 Å². The van der Waals surface area contributed by atoms with Crippen molar-refractivity contribution < 1.29 is 13.3 Å². The van der Waals surface area contributed by atoms with Crippen molar-refractivity contribution in [3.05, 3.63) is 45.0 Å². The molecule has 10 heteroatoms. The van der Waals surface area contributed by atoms with E-state index in [1.807, 2.05) is 5.38 Å². The molecule has 0 unspecified atom stereocenters. The fraction of sp³-hybridized carbons (Fsp3) is 0.438. The number of nitro benzene ring substituents is 1. The summed E-state index contributed by atoms with van der Waals surface area (Å²) in [5.74, 6) is 0. The molecule has 0 atom stereocenters. The molecular weight excluding hydrogens is 376 g/mol. The second-order valence-corrected chi connectivity index (χ2v) is 8.68. The first kappa shape index (κ1) is 18.7. The molecule has 0 amide bonds. The molecule has 3 rings (SSSR count). The molecule has 2 heterocycles. The molecule has 1 N–H and O–H groups in total. The van der Waals surface area contributed by atoms with Crippen molar-refractivity contribution in [3.63, 3.8) is 0 Å². The van der Waals surface area contributed by atoms with Gasteiger partial charge in [0.1, 0.15) is 0 Å². The predicted molar refractivity (Wildman–Crippen MR) is 100 cm³/mol. The monoisotopic (exact) mass is 396 g/mol. The molecule has 0 spiro atoms. The van der Waals surface area contributed by atoms with E-state index in [9.17, 15) is 18.5 Å². The summed E-state index contributed by atoms with van der Waals surface area (Å²) < 4.78 is 27.5. The molecule has 0 radical (unpaired) electrons. The maximum absolute atomic E-state index is 12.5. The Kier molecular flexibility index (Phi) is 5.54. The van der Waals surface area contributed by atoms with Crippen molar-refractivity contribution in [3.8, 4) is 0 Å². The molecule has 1 saturated heterocycles. The van der Waals surface area contributed by atoms with Crippen LogP contribution in [0.5, 0.6) is 0 Å². The lowest BCUT2D eigenvalue weighted by Crippen LogP contribution is -2.27. The van der Waals surface area contributed by atoms with Gasteiger partial charge >= 0.3 is 0 Å². The Hall–Kier alpha value is -2.04. The number of hydrogen-bond acceptors (Lipinski definition) is 7. The molecular formula is C16H20N4O4S2. The number of rotatable bonds is 7. The molecule has 1 aliphatic heterocycles. The smallest absolute Gasteiger partial charge is 0.289 e. The lowest BCUT2D eigenvalue weighted by atomic mass is 10.2. The lowest BCUT2D eigenvalue weighted by Gasteiger charge is -2.12. The number of anilines is 1. The van der Waals surface area contributed by atoms with Gasteiger partial charge in [0, 0.05) is 37.5 Å². The van der Waals surface area contributed by atoms with Gasteiger partial charge in [-0.2, -0.15) is 0 Å². The minimum Gasteiger partial charge on any atom is -0.348 e. The zero-order valence-corrected chi connectivity index (χ0v) is 16.0. The Bertz CT molecular complexity index is 905. The van der Waals surface area contributed by atoms with Gasteiger partial charge in [0.2, 0.25) is 10.0 Å². The minimum absolute atomic E-state index is 0.136. The molecule has 0 aliphatic carbocycles. The van der Waals surface area contributed by atoms with Gasteiger partial charge in [-0.25, -0.2) is 18.1 Å². The third kappa shape index (κ3) is 4.02. The summed E-state index contributed by atoms with van der Waals surface area (Å²) in [5, 5.41) is 14.0. The maximum Gasteiger partial charge on any atom is 0.289 e. The Morgan fingerprint density at radius 1 is 1.35 bits per heavy atom. The van der Waals surface area contributed by atoms with Crippen molar-refractivity contribution >= 4 is 32.2 Å². The van der Waals surface area contributed by atoms with Crippen LogP contribution in [0.25, 0.3) is 0 Å². The van der Waals surface area contributed by atoms with E-state index in [0.29, 0.717) is 12.0 Å². The maximum atomic E-state index is 12.5. The van der Waals surface area contributed by atoms with E-state index in [-0.39, 0.29) is 11.4 Å². The summed E-state index contributed by atoms with van der Waals surface area (Å²) in [6, 6.07) is 4.22. The summed E-state index contributed by atoms with van der Waals surface area (Å²) in [6.07, 6.45) is 2.77. The topological polar surface area (TPSA) is 105 Å². The van der Waals surface area contributed by atoms with Crippen LogP contribution in [0.1, 0.15) is 24.1 Å². The molecule has 140 valence electrons. The van der Waals surface area contributed by atoms with E-state index < -0.39 is 20.6 Å². The standard InChI is InChI=1S/C16H20N4O4S2/c1-12-5-4-6-14(20(21)22)15(12)26(23,24)17-8-7-13-11-25-16(18-13)19-9-2-3-10-19/h4-6,11,17H,2-3,7-10H2,1H3. The van der Waals surface area contributed by atoms with Crippen LogP contribution in [0.4, 0.5) is 10.8 Å².